The minimum absolute atomic E-state index is 0.710. The highest BCUT2D eigenvalue weighted by atomic mass is 15.3. The number of aryl methyl sites for hydroxylation is 1. The summed E-state index contributed by atoms with van der Waals surface area (Å²) in [5, 5.41) is 7.81. The van der Waals surface area contributed by atoms with E-state index in [1.165, 1.54) is 31.6 Å². The van der Waals surface area contributed by atoms with Crippen LogP contribution in [0.3, 0.4) is 0 Å². The third kappa shape index (κ3) is 3.54. The van der Waals surface area contributed by atoms with E-state index in [9.17, 15) is 0 Å². The van der Waals surface area contributed by atoms with Gasteiger partial charge in [0.05, 0.1) is 0 Å². The first-order chi connectivity index (χ1) is 8.29. The summed E-state index contributed by atoms with van der Waals surface area (Å²) in [7, 11) is 2.02. The lowest BCUT2D eigenvalue weighted by atomic mass is 10.2. The summed E-state index contributed by atoms with van der Waals surface area (Å²) in [6.07, 6.45) is 5.51. The van der Waals surface area contributed by atoms with Crippen LogP contribution in [0.5, 0.6) is 0 Å². The lowest BCUT2D eigenvalue weighted by Crippen LogP contribution is -2.33. The van der Waals surface area contributed by atoms with Crippen molar-refractivity contribution < 1.29 is 0 Å². The third-order valence-electron chi connectivity index (χ3n) is 3.56. The van der Waals surface area contributed by atoms with Gasteiger partial charge in [-0.15, -0.1) is 0 Å². The Kier molecular flexibility index (Phi) is 4.57. The summed E-state index contributed by atoms with van der Waals surface area (Å²) in [6.45, 7) is 6.98. The second-order valence-corrected chi connectivity index (χ2v) is 4.94. The molecule has 1 aliphatic rings. The number of aromatic nitrogens is 2. The zero-order valence-corrected chi connectivity index (χ0v) is 11.0. The first-order valence-electron chi connectivity index (χ1n) is 6.72. The summed E-state index contributed by atoms with van der Waals surface area (Å²) in [4.78, 5) is 2.56. The lowest BCUT2D eigenvalue weighted by molar-refractivity contribution is 0.329. The van der Waals surface area contributed by atoms with E-state index in [0.717, 1.165) is 19.5 Å². The molecule has 2 rings (SSSR count). The minimum atomic E-state index is 0.710. The monoisotopic (exact) mass is 236 g/mol. The number of nitrogens with one attached hydrogen (secondary N) is 1. The topological polar surface area (TPSA) is 33.1 Å². The maximum atomic E-state index is 4.20. The van der Waals surface area contributed by atoms with Gasteiger partial charge in [0.2, 0.25) is 0 Å². The Morgan fingerprint density at radius 3 is 3.12 bits per heavy atom. The Bertz CT molecular complexity index is 334. The van der Waals surface area contributed by atoms with Gasteiger partial charge in [0, 0.05) is 44.5 Å². The molecule has 1 atom stereocenters. The first-order valence-corrected chi connectivity index (χ1v) is 6.72. The average Bonchev–Trinajstić information content (AvgIpc) is 2.93. The summed E-state index contributed by atoms with van der Waals surface area (Å²) < 4.78 is 1.98. The van der Waals surface area contributed by atoms with Gasteiger partial charge in [0.1, 0.15) is 0 Å². The molecule has 1 unspecified atom stereocenters. The van der Waals surface area contributed by atoms with E-state index < -0.39 is 0 Å². The van der Waals surface area contributed by atoms with Crippen LogP contribution in [0, 0.1) is 0 Å². The van der Waals surface area contributed by atoms with Crippen molar-refractivity contribution in [2.45, 2.75) is 32.2 Å². The fourth-order valence-corrected chi connectivity index (χ4v) is 2.47. The standard InChI is InChI=1S/C13H24N4/c1-3-7-14-12-5-9-17(11-12)10-6-13-4-8-15-16(13)2/h4,8,12,14H,3,5-7,9-11H2,1-2H3. The average molecular weight is 236 g/mol. The zero-order chi connectivity index (χ0) is 12.1. The predicted octanol–water partition coefficient (Wildman–Crippen LogP) is 1.04. The molecule has 1 saturated heterocycles. The van der Waals surface area contributed by atoms with Crippen LogP contribution < -0.4 is 5.32 Å². The first kappa shape index (κ1) is 12.6. The quantitative estimate of drug-likeness (QED) is 0.801. The number of hydrogen-bond acceptors (Lipinski definition) is 3. The van der Waals surface area contributed by atoms with E-state index in [4.69, 9.17) is 0 Å². The fourth-order valence-electron chi connectivity index (χ4n) is 2.47. The maximum Gasteiger partial charge on any atom is 0.0492 e. The van der Waals surface area contributed by atoms with Crippen LogP contribution in [-0.4, -0.2) is 46.9 Å². The minimum Gasteiger partial charge on any atom is -0.313 e. The Morgan fingerprint density at radius 2 is 2.41 bits per heavy atom. The number of nitrogens with zero attached hydrogens (tertiary/aromatic N) is 3. The molecule has 4 nitrogen and oxygen atoms in total. The van der Waals surface area contributed by atoms with Crippen LogP contribution in [0.25, 0.3) is 0 Å². The van der Waals surface area contributed by atoms with E-state index in [1.54, 1.807) is 0 Å². The summed E-state index contributed by atoms with van der Waals surface area (Å²) in [5.74, 6) is 0. The van der Waals surface area contributed by atoms with Crippen molar-refractivity contribution in [3.05, 3.63) is 18.0 Å². The molecule has 0 bridgehead atoms. The molecule has 0 aliphatic carbocycles. The molecule has 96 valence electrons. The molecule has 2 heterocycles. The molecule has 1 fully saturated rings. The van der Waals surface area contributed by atoms with Gasteiger partial charge in [0.15, 0.2) is 0 Å². The predicted molar refractivity (Wildman–Crippen MR) is 70.1 cm³/mol. The highest BCUT2D eigenvalue weighted by molar-refractivity contribution is 5.00. The molecule has 4 heteroatoms. The molecule has 17 heavy (non-hydrogen) atoms. The number of hydrogen-bond donors (Lipinski definition) is 1. The molecule has 0 amide bonds. The smallest absolute Gasteiger partial charge is 0.0492 e. The van der Waals surface area contributed by atoms with E-state index >= 15 is 0 Å². The number of likely N-dealkylation sites (tertiary alicyclic amines) is 1. The Labute approximate surface area is 104 Å². The Morgan fingerprint density at radius 1 is 1.53 bits per heavy atom. The summed E-state index contributed by atoms with van der Waals surface area (Å²) >= 11 is 0. The third-order valence-corrected chi connectivity index (χ3v) is 3.56. The molecule has 1 aromatic heterocycles. The molecular weight excluding hydrogens is 212 g/mol. The van der Waals surface area contributed by atoms with Crippen molar-refractivity contribution in [1.82, 2.24) is 20.0 Å². The molecule has 1 aromatic rings. The van der Waals surface area contributed by atoms with Gasteiger partial charge in [-0.3, -0.25) is 4.68 Å². The fraction of sp³-hybridized carbons (Fsp3) is 0.769. The molecule has 0 aromatic carbocycles. The number of rotatable bonds is 6. The van der Waals surface area contributed by atoms with E-state index in [1.807, 2.05) is 17.9 Å². The molecular formula is C13H24N4. The highest BCUT2D eigenvalue weighted by Gasteiger charge is 2.21. The summed E-state index contributed by atoms with van der Waals surface area (Å²) in [6, 6.07) is 2.82. The molecule has 0 radical (unpaired) electrons. The molecule has 1 N–H and O–H groups in total. The van der Waals surface area contributed by atoms with Gasteiger partial charge < -0.3 is 10.2 Å². The van der Waals surface area contributed by atoms with Crippen molar-refractivity contribution in [2.24, 2.45) is 7.05 Å². The largest absolute Gasteiger partial charge is 0.313 e. The van der Waals surface area contributed by atoms with Gasteiger partial charge in [-0.25, -0.2) is 0 Å². The van der Waals surface area contributed by atoms with E-state index in [0.29, 0.717) is 6.04 Å². The van der Waals surface area contributed by atoms with Crippen LogP contribution in [0.15, 0.2) is 12.3 Å². The van der Waals surface area contributed by atoms with E-state index in [-0.39, 0.29) is 0 Å². The van der Waals surface area contributed by atoms with E-state index in [2.05, 4.69) is 28.3 Å². The Hall–Kier alpha value is -0.870. The second-order valence-electron chi connectivity index (χ2n) is 4.94. The zero-order valence-electron chi connectivity index (χ0n) is 11.0. The SMILES string of the molecule is CCCNC1CCN(CCc2ccnn2C)C1. The molecule has 0 spiro atoms. The maximum absolute atomic E-state index is 4.20. The van der Waals surface area contributed by atoms with Gasteiger partial charge in [-0.2, -0.15) is 5.10 Å². The van der Waals surface area contributed by atoms with Gasteiger partial charge in [0.25, 0.3) is 0 Å². The molecule has 0 saturated carbocycles. The second kappa shape index (κ2) is 6.17. The van der Waals surface area contributed by atoms with Crippen LogP contribution in [0.1, 0.15) is 25.5 Å². The van der Waals surface area contributed by atoms with Crippen molar-refractivity contribution in [3.8, 4) is 0 Å². The van der Waals surface area contributed by atoms with Crippen LogP contribution in [-0.2, 0) is 13.5 Å². The summed E-state index contributed by atoms with van der Waals surface area (Å²) in [5.41, 5.74) is 1.33. The Balaban J connectivity index is 1.69. The van der Waals surface area contributed by atoms with Gasteiger partial charge in [-0.05, 0) is 32.0 Å². The van der Waals surface area contributed by atoms with Crippen LogP contribution in [0.4, 0.5) is 0 Å². The van der Waals surface area contributed by atoms with Crippen molar-refractivity contribution in [1.29, 1.82) is 0 Å². The molecule has 1 aliphatic heterocycles. The van der Waals surface area contributed by atoms with Crippen LogP contribution in [0.2, 0.25) is 0 Å². The normalized spacial score (nSPS) is 21.2. The highest BCUT2D eigenvalue weighted by Crippen LogP contribution is 2.10. The lowest BCUT2D eigenvalue weighted by Gasteiger charge is -2.16. The van der Waals surface area contributed by atoms with Crippen LogP contribution >= 0.6 is 0 Å². The van der Waals surface area contributed by atoms with Gasteiger partial charge in [-0.1, -0.05) is 6.92 Å². The van der Waals surface area contributed by atoms with Gasteiger partial charge >= 0.3 is 0 Å². The van der Waals surface area contributed by atoms with Crippen molar-refractivity contribution in [2.75, 3.05) is 26.2 Å². The van der Waals surface area contributed by atoms with Crippen molar-refractivity contribution >= 4 is 0 Å². The van der Waals surface area contributed by atoms with Crippen molar-refractivity contribution in [3.63, 3.8) is 0 Å².